The van der Waals surface area contributed by atoms with Crippen molar-refractivity contribution in [2.75, 3.05) is 0 Å². The normalized spacial score (nSPS) is 12.6. The van der Waals surface area contributed by atoms with Gasteiger partial charge in [-0.05, 0) is 24.3 Å². The Labute approximate surface area is 162 Å². The Kier molecular flexibility index (Phi) is 4.38. The van der Waals surface area contributed by atoms with Gasteiger partial charge in [-0.15, -0.1) is 0 Å². The molecule has 1 aliphatic heterocycles. The molecule has 2 heterocycles. The van der Waals surface area contributed by atoms with E-state index in [-0.39, 0.29) is 11.8 Å². The third-order valence-corrected chi connectivity index (χ3v) is 4.81. The van der Waals surface area contributed by atoms with Crippen molar-refractivity contribution in [1.29, 1.82) is 0 Å². The third kappa shape index (κ3) is 2.63. The molecule has 4 aromatic rings. The highest BCUT2D eigenvalue weighted by Crippen LogP contribution is 2.28. The molecule has 2 amide bonds. The van der Waals surface area contributed by atoms with Crippen molar-refractivity contribution in [1.82, 2.24) is 9.47 Å². The van der Waals surface area contributed by atoms with Crippen LogP contribution in [0.5, 0.6) is 0 Å². The Morgan fingerprint density at radius 1 is 0.607 bits per heavy atom. The first-order valence-corrected chi connectivity index (χ1v) is 8.87. The van der Waals surface area contributed by atoms with Gasteiger partial charge < -0.3 is 4.57 Å². The number of carbonyl (C=O) groups excluding carboxylic acids is 2. The van der Waals surface area contributed by atoms with Gasteiger partial charge >= 0.3 is 0 Å². The summed E-state index contributed by atoms with van der Waals surface area (Å²) in [4.78, 5) is 24.0. The summed E-state index contributed by atoms with van der Waals surface area (Å²) in [6, 6.07) is 23.5. The Balaban J connectivity index is 0.000000139. The maximum atomic E-state index is 11.5. The molecule has 3 aromatic carbocycles. The van der Waals surface area contributed by atoms with Crippen LogP contribution in [0.25, 0.3) is 28.0 Å². The van der Waals surface area contributed by atoms with Crippen LogP contribution < -0.4 is 0 Å². The lowest BCUT2D eigenvalue weighted by Gasteiger charge is -2.04. The van der Waals surface area contributed by atoms with Crippen LogP contribution in [0.15, 0.2) is 92.2 Å². The van der Waals surface area contributed by atoms with Crippen LogP contribution in [0.4, 0.5) is 0 Å². The van der Waals surface area contributed by atoms with Crippen molar-refractivity contribution in [2.24, 2.45) is 0 Å². The minimum atomic E-state index is -0.296. The fourth-order valence-corrected chi connectivity index (χ4v) is 3.52. The molecule has 4 nitrogen and oxygen atoms in total. The average Bonchev–Trinajstić information content (AvgIpc) is 3.20. The lowest BCUT2D eigenvalue weighted by atomic mass is 10.1. The predicted octanol–water partition coefficient (Wildman–Crippen LogP) is 5.32. The van der Waals surface area contributed by atoms with E-state index in [0.717, 1.165) is 4.90 Å². The maximum Gasteiger partial charge on any atom is 0.265 e. The molecule has 0 bridgehead atoms. The molecule has 5 rings (SSSR count). The van der Waals surface area contributed by atoms with Gasteiger partial charge in [0.25, 0.3) is 11.8 Å². The lowest BCUT2D eigenvalue weighted by Crippen LogP contribution is -2.22. The molecule has 136 valence electrons. The molecule has 0 unspecified atom stereocenters. The maximum absolute atomic E-state index is 11.5. The van der Waals surface area contributed by atoms with E-state index in [0.29, 0.717) is 11.1 Å². The van der Waals surface area contributed by atoms with Crippen molar-refractivity contribution < 1.29 is 9.59 Å². The number of para-hydroxylation sites is 2. The fourth-order valence-electron chi connectivity index (χ4n) is 3.52. The molecule has 0 radical (unpaired) electrons. The van der Waals surface area contributed by atoms with Gasteiger partial charge in [-0.3, -0.25) is 9.59 Å². The van der Waals surface area contributed by atoms with Crippen molar-refractivity contribution in [3.05, 3.63) is 103 Å². The highest BCUT2D eigenvalue weighted by Gasteiger charge is 2.33. The number of rotatable bonds is 2. The molecular weight excluding hydrogens is 348 g/mol. The number of nitrogens with zero attached hydrogens (tertiary/aromatic N) is 2. The second kappa shape index (κ2) is 7.00. The van der Waals surface area contributed by atoms with Crippen LogP contribution in [0.1, 0.15) is 20.7 Å². The summed E-state index contributed by atoms with van der Waals surface area (Å²) < 4.78 is 2.13. The molecule has 0 atom stereocenters. The number of imide groups is 1. The standard InChI is InChI=1S/C14H11N.C10H7NO2/c1-2-15-13-9-5-3-7-11(13)12-8-4-6-10-14(12)15;1-2-11-9(12)7-5-3-4-6-8(7)10(11)13/h2-10H,1H2;2-6H,1H2. The van der Waals surface area contributed by atoms with Gasteiger partial charge in [-0.25, -0.2) is 4.90 Å². The molecule has 0 saturated carbocycles. The summed E-state index contributed by atoms with van der Waals surface area (Å²) >= 11 is 0. The summed E-state index contributed by atoms with van der Waals surface area (Å²) in [6.45, 7) is 7.28. The Hall–Kier alpha value is -3.92. The summed E-state index contributed by atoms with van der Waals surface area (Å²) in [5.74, 6) is -0.591. The van der Waals surface area contributed by atoms with Gasteiger partial charge in [-0.2, -0.15) is 0 Å². The molecule has 28 heavy (non-hydrogen) atoms. The minimum absolute atomic E-state index is 0.296. The van der Waals surface area contributed by atoms with E-state index in [1.165, 1.54) is 28.0 Å². The van der Waals surface area contributed by atoms with Gasteiger partial charge in [0.1, 0.15) is 0 Å². The van der Waals surface area contributed by atoms with Crippen LogP contribution in [-0.2, 0) is 0 Å². The quantitative estimate of drug-likeness (QED) is 0.451. The van der Waals surface area contributed by atoms with E-state index in [1.54, 1.807) is 24.3 Å². The minimum Gasteiger partial charge on any atom is -0.317 e. The number of benzene rings is 3. The molecule has 0 aliphatic carbocycles. The summed E-state index contributed by atoms with van der Waals surface area (Å²) in [6.07, 6.45) is 3.11. The smallest absolute Gasteiger partial charge is 0.265 e. The van der Waals surface area contributed by atoms with E-state index >= 15 is 0 Å². The number of amides is 2. The van der Waals surface area contributed by atoms with Crippen molar-refractivity contribution in [2.45, 2.75) is 0 Å². The van der Waals surface area contributed by atoms with E-state index in [4.69, 9.17) is 0 Å². The highest BCUT2D eigenvalue weighted by molar-refractivity contribution is 6.22. The molecule has 4 heteroatoms. The zero-order valence-corrected chi connectivity index (χ0v) is 15.2. The van der Waals surface area contributed by atoms with Crippen molar-refractivity contribution in [3.63, 3.8) is 0 Å². The zero-order valence-electron chi connectivity index (χ0n) is 15.2. The van der Waals surface area contributed by atoms with Gasteiger partial charge in [0.05, 0.1) is 22.2 Å². The summed E-state index contributed by atoms with van der Waals surface area (Å²) in [5, 5.41) is 2.57. The first kappa shape index (κ1) is 17.5. The molecule has 1 aliphatic rings. The molecular formula is C24H18N2O2. The number of carbonyl (C=O) groups is 2. The van der Waals surface area contributed by atoms with Gasteiger partial charge in [-0.1, -0.05) is 61.7 Å². The first-order valence-electron chi connectivity index (χ1n) is 8.87. The number of hydrogen-bond donors (Lipinski definition) is 0. The molecule has 0 spiro atoms. The average molecular weight is 366 g/mol. The molecule has 0 saturated heterocycles. The third-order valence-electron chi connectivity index (χ3n) is 4.81. The monoisotopic (exact) mass is 366 g/mol. The number of fused-ring (bicyclic) bond motifs is 4. The van der Waals surface area contributed by atoms with Crippen LogP contribution in [0, 0.1) is 0 Å². The first-order chi connectivity index (χ1) is 13.7. The molecule has 1 aromatic heterocycles. The van der Waals surface area contributed by atoms with Crippen molar-refractivity contribution >= 4 is 39.8 Å². The Bertz CT molecular complexity index is 1160. The number of hydrogen-bond acceptors (Lipinski definition) is 2. The summed E-state index contributed by atoms with van der Waals surface area (Å²) in [7, 11) is 0. The Morgan fingerprint density at radius 3 is 1.46 bits per heavy atom. The highest BCUT2D eigenvalue weighted by atomic mass is 16.2. The van der Waals surface area contributed by atoms with E-state index < -0.39 is 0 Å². The lowest BCUT2D eigenvalue weighted by molar-refractivity contribution is 0.0722. The van der Waals surface area contributed by atoms with E-state index in [9.17, 15) is 9.59 Å². The molecule has 0 fully saturated rings. The molecule has 0 N–H and O–H groups in total. The predicted molar refractivity (Wildman–Crippen MR) is 113 cm³/mol. The Morgan fingerprint density at radius 2 is 1.04 bits per heavy atom. The topological polar surface area (TPSA) is 42.3 Å². The van der Waals surface area contributed by atoms with Crippen LogP contribution >= 0.6 is 0 Å². The van der Waals surface area contributed by atoms with Crippen LogP contribution in [-0.4, -0.2) is 21.3 Å². The second-order valence-electron chi connectivity index (χ2n) is 6.30. The van der Waals surface area contributed by atoms with Crippen LogP contribution in [0.3, 0.4) is 0 Å². The fraction of sp³-hybridized carbons (Fsp3) is 0. The van der Waals surface area contributed by atoms with E-state index in [1.807, 2.05) is 6.20 Å². The summed E-state index contributed by atoms with van der Waals surface area (Å²) in [5.41, 5.74) is 3.34. The van der Waals surface area contributed by atoms with E-state index in [2.05, 4.69) is 66.3 Å². The van der Waals surface area contributed by atoms with Crippen molar-refractivity contribution in [3.8, 4) is 0 Å². The van der Waals surface area contributed by atoms with Gasteiger partial charge in [0, 0.05) is 23.2 Å². The van der Waals surface area contributed by atoms with Gasteiger partial charge in [0.15, 0.2) is 0 Å². The SMILES string of the molecule is C=CN1C(=O)c2ccccc2C1=O.C=Cn1c2ccccc2c2ccccc21. The zero-order chi connectivity index (χ0) is 19.7. The largest absolute Gasteiger partial charge is 0.317 e. The van der Waals surface area contributed by atoms with Crippen LogP contribution in [0.2, 0.25) is 0 Å². The second-order valence-corrected chi connectivity index (χ2v) is 6.30. The van der Waals surface area contributed by atoms with Gasteiger partial charge in [0.2, 0.25) is 0 Å². The number of aromatic nitrogens is 1.